The Kier molecular flexibility index (Phi) is 5.31. The number of carbonyl (C=O) groups is 1. The van der Waals surface area contributed by atoms with Crippen LogP contribution in [0, 0.1) is 37.7 Å². The van der Waals surface area contributed by atoms with Gasteiger partial charge in [0.05, 0.1) is 6.61 Å². The Morgan fingerprint density at radius 3 is 2.88 bits per heavy atom. The first-order valence-corrected chi connectivity index (χ1v) is 5.45. The van der Waals surface area contributed by atoms with Gasteiger partial charge in [0, 0.05) is 53.1 Å². The van der Waals surface area contributed by atoms with Crippen LogP contribution in [-0.4, -0.2) is 17.6 Å². The number of carbonyl (C=O) groups excluding carboxylic acids is 1. The predicted molar refractivity (Wildman–Crippen MR) is 62.0 cm³/mol. The number of H-pyrrole nitrogens is 1. The van der Waals surface area contributed by atoms with Crippen LogP contribution in [0.5, 0.6) is 0 Å². The van der Waals surface area contributed by atoms with Gasteiger partial charge in [-0.05, 0) is 31.2 Å². The number of aromatic amines is 1. The number of hydrogen-bond acceptors (Lipinski definition) is 2. The molecule has 0 fully saturated rings. The van der Waals surface area contributed by atoms with Crippen LogP contribution in [0.4, 0.5) is 0 Å². The number of halogens is 1. The summed E-state index contributed by atoms with van der Waals surface area (Å²) in [5, 5.41) is 0.993. The molecule has 0 aliphatic heterocycles. The Bertz CT molecular complexity index is 510. The largest absolute Gasteiger partial charge is 0.461 e. The molecule has 0 aliphatic rings. The second kappa shape index (κ2) is 6.05. The van der Waals surface area contributed by atoms with Gasteiger partial charge in [0.15, 0.2) is 0 Å². The minimum absolute atomic E-state index is 0. The van der Waals surface area contributed by atoms with E-state index in [4.69, 9.17) is 4.74 Å². The standard InChI is InChI=1S/C11H10BrNO2.Ar/c1-2-15-11(14)10-6-7-5-8(12)3-4-9(7)13-10;/h3-6,13H,2H2,1H3;. The van der Waals surface area contributed by atoms with Crippen molar-refractivity contribution >= 4 is 32.8 Å². The molecule has 0 atom stereocenters. The third kappa shape index (κ3) is 3.00. The van der Waals surface area contributed by atoms with Crippen molar-refractivity contribution in [2.75, 3.05) is 6.61 Å². The normalized spacial score (nSPS) is 9.88. The number of ether oxygens (including phenoxy) is 1. The fraction of sp³-hybridized carbons (Fsp3) is 0.182. The fourth-order valence-electron chi connectivity index (χ4n) is 1.42. The molecule has 0 unspecified atom stereocenters. The van der Waals surface area contributed by atoms with Gasteiger partial charge in [-0.25, -0.2) is 4.79 Å². The summed E-state index contributed by atoms with van der Waals surface area (Å²) in [5.74, 6) is -0.315. The van der Waals surface area contributed by atoms with Crippen LogP contribution in [0.15, 0.2) is 28.7 Å². The molecule has 86 valence electrons. The molecule has 0 saturated carbocycles. The van der Waals surface area contributed by atoms with Crippen molar-refractivity contribution < 1.29 is 47.3 Å². The molecule has 16 heavy (non-hydrogen) atoms. The summed E-state index contributed by atoms with van der Waals surface area (Å²) in [4.78, 5) is 14.4. The minimum Gasteiger partial charge on any atom is -0.461 e. The topological polar surface area (TPSA) is 42.1 Å². The zero-order valence-corrected chi connectivity index (χ0v) is 10.9. The molecular formula is C11H10ArBrNO2. The third-order valence-corrected chi connectivity index (χ3v) is 2.57. The third-order valence-electron chi connectivity index (χ3n) is 2.08. The Balaban J connectivity index is 0.00000128. The molecule has 0 amide bonds. The Morgan fingerprint density at radius 1 is 1.44 bits per heavy atom. The molecule has 2 aromatic rings. The van der Waals surface area contributed by atoms with Crippen LogP contribution in [0.25, 0.3) is 10.9 Å². The van der Waals surface area contributed by atoms with Crippen molar-refractivity contribution in [2.45, 2.75) is 6.92 Å². The van der Waals surface area contributed by atoms with Crippen molar-refractivity contribution in [3.8, 4) is 0 Å². The average Bonchev–Trinajstić information content (AvgIpc) is 2.60. The summed E-state index contributed by atoms with van der Waals surface area (Å²) in [5.41, 5.74) is 1.42. The van der Waals surface area contributed by atoms with E-state index in [9.17, 15) is 4.79 Å². The van der Waals surface area contributed by atoms with Gasteiger partial charge >= 0.3 is 5.97 Å². The van der Waals surface area contributed by atoms with Gasteiger partial charge in [0.25, 0.3) is 0 Å². The van der Waals surface area contributed by atoms with Crippen molar-refractivity contribution in [3.05, 3.63) is 34.4 Å². The monoisotopic (exact) mass is 307 g/mol. The summed E-state index contributed by atoms with van der Waals surface area (Å²) in [7, 11) is 0. The summed E-state index contributed by atoms with van der Waals surface area (Å²) in [6.07, 6.45) is 0. The zero-order chi connectivity index (χ0) is 10.8. The molecular weight excluding hydrogens is 298 g/mol. The van der Waals surface area contributed by atoms with E-state index in [1.807, 2.05) is 18.2 Å². The second-order valence-corrected chi connectivity index (χ2v) is 4.05. The number of nitrogens with one attached hydrogen (secondary N) is 1. The van der Waals surface area contributed by atoms with Gasteiger partial charge in [-0.3, -0.25) is 0 Å². The van der Waals surface area contributed by atoms with Gasteiger partial charge in [0.1, 0.15) is 5.69 Å². The molecule has 0 spiro atoms. The molecule has 1 heterocycles. The molecule has 0 radical (unpaired) electrons. The predicted octanol–water partition coefficient (Wildman–Crippen LogP) is 3.11. The summed E-state index contributed by atoms with van der Waals surface area (Å²) in [6.45, 7) is 2.18. The van der Waals surface area contributed by atoms with Crippen LogP contribution < -0.4 is 0 Å². The molecule has 5 heteroatoms. The van der Waals surface area contributed by atoms with E-state index in [1.165, 1.54) is 0 Å². The molecule has 2 rings (SSSR count). The number of hydrogen-bond donors (Lipinski definition) is 1. The Hall–Kier alpha value is -0.0303. The minimum atomic E-state index is -0.315. The first-order chi connectivity index (χ1) is 7.20. The van der Waals surface area contributed by atoms with E-state index < -0.39 is 0 Å². The van der Waals surface area contributed by atoms with Crippen molar-refractivity contribution in [1.82, 2.24) is 4.98 Å². The number of esters is 1. The van der Waals surface area contributed by atoms with E-state index in [2.05, 4.69) is 20.9 Å². The van der Waals surface area contributed by atoms with Crippen LogP contribution in [-0.2, 0) is 4.74 Å². The zero-order valence-electron chi connectivity index (χ0n) is 8.56. The SMILES string of the molecule is CCOC(=O)c1cc2cc(Br)ccc2[nH]1.[Ar]. The van der Waals surface area contributed by atoms with Crippen molar-refractivity contribution in [1.29, 1.82) is 0 Å². The number of fused-ring (bicyclic) bond motifs is 1. The average molecular weight is 308 g/mol. The Labute approximate surface area is 132 Å². The van der Waals surface area contributed by atoms with E-state index >= 15 is 0 Å². The van der Waals surface area contributed by atoms with Crippen molar-refractivity contribution in [3.63, 3.8) is 0 Å². The fourth-order valence-corrected chi connectivity index (χ4v) is 1.80. The first-order valence-electron chi connectivity index (χ1n) is 4.66. The second-order valence-electron chi connectivity index (χ2n) is 3.14. The van der Waals surface area contributed by atoms with Crippen molar-refractivity contribution in [2.24, 2.45) is 0 Å². The Morgan fingerprint density at radius 2 is 2.19 bits per heavy atom. The smallest absolute Gasteiger partial charge is 0.354 e. The van der Waals surface area contributed by atoms with E-state index in [0.29, 0.717) is 12.3 Å². The molecule has 1 aromatic carbocycles. The molecule has 0 bridgehead atoms. The maximum Gasteiger partial charge on any atom is 0.354 e. The van der Waals surface area contributed by atoms with Gasteiger partial charge in [0.2, 0.25) is 0 Å². The maximum absolute atomic E-state index is 11.4. The molecule has 3 nitrogen and oxygen atoms in total. The van der Waals surface area contributed by atoms with E-state index in [0.717, 1.165) is 15.4 Å². The van der Waals surface area contributed by atoms with Crippen LogP contribution in [0.1, 0.15) is 17.4 Å². The van der Waals surface area contributed by atoms with Crippen LogP contribution >= 0.6 is 15.9 Å². The van der Waals surface area contributed by atoms with Gasteiger partial charge in [-0.1, -0.05) is 15.9 Å². The van der Waals surface area contributed by atoms with Gasteiger partial charge in [-0.2, -0.15) is 0 Å². The summed E-state index contributed by atoms with van der Waals surface area (Å²) >= 11 is 3.38. The van der Waals surface area contributed by atoms with Crippen LogP contribution in [0.2, 0.25) is 0 Å². The van der Waals surface area contributed by atoms with E-state index in [1.54, 1.807) is 13.0 Å². The quantitative estimate of drug-likeness (QED) is 0.866. The van der Waals surface area contributed by atoms with E-state index in [-0.39, 0.29) is 43.7 Å². The number of aromatic nitrogens is 1. The molecule has 0 aliphatic carbocycles. The summed E-state index contributed by atoms with van der Waals surface area (Å²) in [6, 6.07) is 7.59. The molecule has 0 saturated heterocycles. The molecule has 1 N–H and O–H groups in total. The number of benzene rings is 1. The van der Waals surface area contributed by atoms with Crippen LogP contribution in [0.3, 0.4) is 0 Å². The van der Waals surface area contributed by atoms with Gasteiger partial charge in [-0.15, -0.1) is 0 Å². The van der Waals surface area contributed by atoms with Gasteiger partial charge < -0.3 is 9.72 Å². The maximum atomic E-state index is 11.4. The molecule has 1 aromatic heterocycles. The first kappa shape index (κ1) is 14.0. The number of rotatable bonds is 2. The summed E-state index contributed by atoms with van der Waals surface area (Å²) < 4.78 is 5.90.